The third-order valence-electron chi connectivity index (χ3n) is 7.42. The summed E-state index contributed by atoms with van der Waals surface area (Å²) in [5.41, 5.74) is -1.14. The van der Waals surface area contributed by atoms with E-state index in [0.29, 0.717) is 0 Å². The Labute approximate surface area is 263 Å². The molecule has 2 aliphatic rings. The molecule has 2 aliphatic heterocycles. The van der Waals surface area contributed by atoms with Crippen LogP contribution in [0.15, 0.2) is 45.6 Å². The molecule has 10 N–H and O–H groups in total. The standard InChI is InChI=1S/C27H30O19S/c28-10-3-1-9(2-4-10)24-25(19(33)16-12(30)5-11(29)6-13(16)43-24)46-27-23(37)21(35)17(31)14(45-27)7-41-26-22(36)20(34)18(32)15(44-26)8-42-47(38,39)40/h1-6,14-15,17-18,20-23,26-32,34-37H,7-8H2,(H,38,39,40)/t14-,15-,17-,18-,20-,21-,22-,23+,26-,27+/m1/s1. The van der Waals surface area contributed by atoms with Crippen LogP contribution in [0.2, 0.25) is 0 Å². The quantitative estimate of drug-likeness (QED) is 0.103. The Morgan fingerprint density at radius 3 is 1.91 bits per heavy atom. The fraction of sp³-hybridized carbons (Fsp3) is 0.444. The summed E-state index contributed by atoms with van der Waals surface area (Å²) in [5, 5.41) is 92.0. The molecule has 2 saturated heterocycles. The number of hydrogen-bond acceptors (Lipinski definition) is 18. The number of benzene rings is 2. The van der Waals surface area contributed by atoms with E-state index in [0.717, 1.165) is 12.1 Å². The predicted octanol–water partition coefficient (Wildman–Crippen LogP) is -2.59. The van der Waals surface area contributed by atoms with Gasteiger partial charge in [0.15, 0.2) is 12.1 Å². The van der Waals surface area contributed by atoms with Gasteiger partial charge in [0.1, 0.15) is 77.0 Å². The number of fused-ring (bicyclic) bond motifs is 1. The molecule has 0 aliphatic carbocycles. The van der Waals surface area contributed by atoms with Crippen molar-refractivity contribution < 1.29 is 86.5 Å². The summed E-state index contributed by atoms with van der Waals surface area (Å²) in [5.74, 6) is -2.27. The largest absolute Gasteiger partial charge is 0.508 e. The lowest BCUT2D eigenvalue weighted by molar-refractivity contribution is -0.322. The molecule has 0 radical (unpaired) electrons. The van der Waals surface area contributed by atoms with Crippen LogP contribution in [0.1, 0.15) is 0 Å². The van der Waals surface area contributed by atoms with Gasteiger partial charge in [-0.1, -0.05) is 0 Å². The fourth-order valence-electron chi connectivity index (χ4n) is 4.98. The lowest BCUT2D eigenvalue weighted by Crippen LogP contribution is -2.62. The molecule has 2 fully saturated rings. The second kappa shape index (κ2) is 13.5. The van der Waals surface area contributed by atoms with Crippen LogP contribution in [0.5, 0.6) is 23.0 Å². The molecule has 1 aromatic heterocycles. The molecule has 3 heterocycles. The molecule has 2 aromatic carbocycles. The molecule has 258 valence electrons. The Morgan fingerprint density at radius 2 is 1.30 bits per heavy atom. The summed E-state index contributed by atoms with van der Waals surface area (Å²) >= 11 is 0. The van der Waals surface area contributed by atoms with Crippen molar-refractivity contribution in [3.8, 4) is 34.3 Å². The zero-order valence-corrected chi connectivity index (χ0v) is 24.5. The van der Waals surface area contributed by atoms with Gasteiger partial charge < -0.3 is 69.3 Å². The second-order valence-electron chi connectivity index (χ2n) is 10.7. The van der Waals surface area contributed by atoms with Crippen molar-refractivity contribution in [3.05, 3.63) is 46.6 Å². The summed E-state index contributed by atoms with van der Waals surface area (Å²) in [6.45, 7) is -1.78. The van der Waals surface area contributed by atoms with E-state index < -0.39 is 113 Å². The number of phenolic OH excluding ortho intramolecular Hbond substituents is 3. The molecule has 20 heteroatoms. The fourth-order valence-corrected chi connectivity index (χ4v) is 5.29. The van der Waals surface area contributed by atoms with Crippen LogP contribution in [0.4, 0.5) is 0 Å². The molecular weight excluding hydrogens is 660 g/mol. The van der Waals surface area contributed by atoms with Gasteiger partial charge in [-0.2, -0.15) is 8.42 Å². The number of aliphatic hydroxyl groups excluding tert-OH is 6. The van der Waals surface area contributed by atoms with E-state index in [1.807, 2.05) is 0 Å². The highest BCUT2D eigenvalue weighted by Gasteiger charge is 2.48. The normalized spacial score (nSPS) is 31.6. The van der Waals surface area contributed by atoms with E-state index in [-0.39, 0.29) is 22.7 Å². The SMILES string of the molecule is O=c1c(O[C@@H]2O[C@H](CO[C@@H]3O[C@H](COS(=O)(=O)O)[C@@H](O)[C@@H](O)[C@H]3O)[C@@H](O)[C@@H](O)[C@@H]2O)c(-c2ccc(O)cc2)oc2cc(O)cc(O)c12. The molecular formula is C27H30O19S. The number of ether oxygens (including phenoxy) is 4. The molecule has 0 bridgehead atoms. The number of rotatable bonds is 9. The zero-order chi connectivity index (χ0) is 34.4. The van der Waals surface area contributed by atoms with Crippen molar-refractivity contribution in [1.29, 1.82) is 0 Å². The van der Waals surface area contributed by atoms with E-state index >= 15 is 0 Å². The molecule has 0 amide bonds. The van der Waals surface area contributed by atoms with Crippen molar-refractivity contribution in [2.24, 2.45) is 0 Å². The molecule has 0 saturated carbocycles. The van der Waals surface area contributed by atoms with Crippen LogP contribution in [-0.4, -0.2) is 134 Å². The molecule has 0 spiro atoms. The predicted molar refractivity (Wildman–Crippen MR) is 150 cm³/mol. The van der Waals surface area contributed by atoms with Gasteiger partial charge in [0.25, 0.3) is 0 Å². The summed E-state index contributed by atoms with van der Waals surface area (Å²) in [6, 6.07) is 7.06. The van der Waals surface area contributed by atoms with E-state index in [1.165, 1.54) is 24.3 Å². The van der Waals surface area contributed by atoms with Gasteiger partial charge in [0.05, 0.1) is 13.2 Å². The highest BCUT2D eigenvalue weighted by atomic mass is 32.3. The van der Waals surface area contributed by atoms with Gasteiger partial charge in [-0.3, -0.25) is 9.35 Å². The van der Waals surface area contributed by atoms with E-state index in [9.17, 15) is 59.2 Å². The summed E-state index contributed by atoms with van der Waals surface area (Å²) < 4.78 is 62.5. The average Bonchev–Trinajstić information content (AvgIpc) is 3.00. The minimum atomic E-state index is -4.98. The van der Waals surface area contributed by atoms with E-state index in [4.69, 9.17) is 27.9 Å². The zero-order valence-electron chi connectivity index (χ0n) is 23.7. The molecule has 47 heavy (non-hydrogen) atoms. The van der Waals surface area contributed by atoms with Gasteiger partial charge in [0.2, 0.25) is 17.5 Å². The molecule has 10 atom stereocenters. The number of hydrogen-bond donors (Lipinski definition) is 10. The maximum Gasteiger partial charge on any atom is 0.397 e. The first-order valence-corrected chi connectivity index (χ1v) is 15.0. The van der Waals surface area contributed by atoms with Crippen LogP contribution in [-0.2, 0) is 28.8 Å². The van der Waals surface area contributed by atoms with E-state index in [1.54, 1.807) is 0 Å². The first kappa shape index (κ1) is 34.7. The molecule has 3 aromatic rings. The van der Waals surface area contributed by atoms with Gasteiger partial charge in [-0.05, 0) is 24.3 Å². The van der Waals surface area contributed by atoms with Crippen molar-refractivity contribution in [2.75, 3.05) is 13.2 Å². The maximum atomic E-state index is 13.6. The summed E-state index contributed by atoms with van der Waals surface area (Å²) in [6.07, 6.45) is -18.7. The molecule has 5 rings (SSSR count). The third-order valence-corrected chi connectivity index (χ3v) is 7.86. The van der Waals surface area contributed by atoms with Crippen LogP contribution < -0.4 is 10.2 Å². The first-order valence-electron chi connectivity index (χ1n) is 13.7. The van der Waals surface area contributed by atoms with Crippen molar-refractivity contribution in [3.63, 3.8) is 0 Å². The second-order valence-corrected chi connectivity index (χ2v) is 11.8. The first-order chi connectivity index (χ1) is 22.1. The minimum absolute atomic E-state index is 0.141. The minimum Gasteiger partial charge on any atom is -0.508 e. The smallest absolute Gasteiger partial charge is 0.397 e. The number of phenols is 3. The number of aliphatic hydroxyl groups is 6. The molecule has 0 unspecified atom stereocenters. The Morgan fingerprint density at radius 1 is 0.723 bits per heavy atom. The van der Waals surface area contributed by atoms with Crippen LogP contribution >= 0.6 is 0 Å². The number of aromatic hydroxyl groups is 3. The highest BCUT2D eigenvalue weighted by Crippen LogP contribution is 2.37. The van der Waals surface area contributed by atoms with Gasteiger partial charge in [-0.15, -0.1) is 0 Å². The van der Waals surface area contributed by atoms with Crippen molar-refractivity contribution >= 4 is 21.4 Å². The Balaban J connectivity index is 1.41. The van der Waals surface area contributed by atoms with Crippen LogP contribution in [0.25, 0.3) is 22.3 Å². The van der Waals surface area contributed by atoms with Gasteiger partial charge in [0, 0.05) is 17.7 Å². The van der Waals surface area contributed by atoms with Gasteiger partial charge >= 0.3 is 10.4 Å². The Hall–Kier alpha value is -3.64. The van der Waals surface area contributed by atoms with Crippen molar-refractivity contribution in [1.82, 2.24) is 0 Å². The summed E-state index contributed by atoms with van der Waals surface area (Å²) in [7, 11) is -4.98. The van der Waals surface area contributed by atoms with Crippen LogP contribution in [0, 0.1) is 0 Å². The van der Waals surface area contributed by atoms with Gasteiger partial charge in [-0.25, -0.2) is 4.18 Å². The average molecular weight is 691 g/mol. The van der Waals surface area contributed by atoms with Crippen LogP contribution in [0.3, 0.4) is 0 Å². The molecule has 19 nitrogen and oxygen atoms in total. The lowest BCUT2D eigenvalue weighted by atomic mass is 9.98. The Bertz CT molecular complexity index is 1740. The highest BCUT2D eigenvalue weighted by molar-refractivity contribution is 7.80. The topological polar surface area (TPSA) is 313 Å². The maximum absolute atomic E-state index is 13.6. The lowest BCUT2D eigenvalue weighted by Gasteiger charge is -2.42. The monoisotopic (exact) mass is 690 g/mol. The third kappa shape index (κ3) is 7.28. The Kier molecular flexibility index (Phi) is 9.94. The van der Waals surface area contributed by atoms with E-state index in [2.05, 4.69) is 4.18 Å². The summed E-state index contributed by atoms with van der Waals surface area (Å²) in [4.78, 5) is 13.6. The van der Waals surface area contributed by atoms with Crippen molar-refractivity contribution in [2.45, 2.75) is 61.4 Å².